The van der Waals surface area contributed by atoms with Gasteiger partial charge >= 0.3 is 0 Å². The first kappa shape index (κ1) is 20.2. The lowest BCUT2D eigenvalue weighted by molar-refractivity contribution is 0.291. The highest BCUT2D eigenvalue weighted by Gasteiger charge is 2.14. The molecular weight excluding hydrogens is 352 g/mol. The van der Waals surface area contributed by atoms with Crippen molar-refractivity contribution in [3.63, 3.8) is 0 Å². The largest absolute Gasteiger partial charge is 0.493 e. The number of hydrogen-bond donors (Lipinski definition) is 2. The van der Waals surface area contributed by atoms with Crippen molar-refractivity contribution in [3.8, 4) is 11.5 Å². The van der Waals surface area contributed by atoms with Crippen molar-refractivity contribution in [2.75, 3.05) is 26.8 Å². The first-order valence-corrected chi connectivity index (χ1v) is 9.97. The van der Waals surface area contributed by atoms with E-state index in [0.717, 1.165) is 5.56 Å². The van der Waals surface area contributed by atoms with Crippen LogP contribution in [0.2, 0.25) is 0 Å². The highest BCUT2D eigenvalue weighted by molar-refractivity contribution is 7.89. The molecule has 1 unspecified atom stereocenters. The van der Waals surface area contributed by atoms with Crippen molar-refractivity contribution in [3.05, 3.63) is 53.6 Å². The zero-order chi connectivity index (χ0) is 19.2. The molecule has 7 heteroatoms. The number of aryl methyl sites for hydroxylation is 1. The maximum atomic E-state index is 11.7. The molecule has 0 fully saturated rings. The minimum atomic E-state index is -3.71. The van der Waals surface area contributed by atoms with Crippen molar-refractivity contribution in [2.45, 2.75) is 24.7 Å². The number of sulfonamides is 1. The summed E-state index contributed by atoms with van der Waals surface area (Å²) in [5.74, 6) is 1.56. The van der Waals surface area contributed by atoms with Crippen LogP contribution < -0.4 is 19.9 Å². The number of nitrogens with two attached hydrogens (primary N) is 1. The molecule has 0 aliphatic rings. The zero-order valence-corrected chi connectivity index (χ0v) is 16.2. The second-order valence-electron chi connectivity index (χ2n) is 6.17. The molecule has 2 rings (SSSR count). The first-order valence-electron chi connectivity index (χ1n) is 8.43. The van der Waals surface area contributed by atoms with E-state index in [1.165, 1.54) is 0 Å². The smallest absolute Gasteiger partial charge is 0.238 e. The predicted molar refractivity (Wildman–Crippen MR) is 102 cm³/mol. The normalized spacial score (nSPS) is 12.6. The van der Waals surface area contributed by atoms with E-state index >= 15 is 0 Å². The van der Waals surface area contributed by atoms with E-state index in [0.29, 0.717) is 36.8 Å². The van der Waals surface area contributed by atoms with Crippen LogP contribution in [0.3, 0.4) is 0 Å². The fourth-order valence-electron chi connectivity index (χ4n) is 2.64. The molecule has 0 amide bonds. The topological polar surface area (TPSA) is 90.7 Å². The number of ether oxygens (including phenoxy) is 2. The van der Waals surface area contributed by atoms with Crippen molar-refractivity contribution >= 4 is 10.0 Å². The number of benzene rings is 2. The van der Waals surface area contributed by atoms with Crippen molar-refractivity contribution in [2.24, 2.45) is 5.14 Å². The average Bonchev–Trinajstić information content (AvgIpc) is 2.61. The summed E-state index contributed by atoms with van der Waals surface area (Å²) >= 11 is 0. The Bertz CT molecular complexity index is 837. The van der Waals surface area contributed by atoms with Gasteiger partial charge in [-0.2, -0.15) is 0 Å². The van der Waals surface area contributed by atoms with E-state index in [1.54, 1.807) is 26.2 Å². The summed E-state index contributed by atoms with van der Waals surface area (Å²) < 4.78 is 34.3. The summed E-state index contributed by atoms with van der Waals surface area (Å²) in [7, 11) is -2.10. The van der Waals surface area contributed by atoms with Gasteiger partial charge in [0.1, 0.15) is 6.61 Å². The number of primary sulfonamides is 1. The zero-order valence-electron chi connectivity index (χ0n) is 15.4. The fourth-order valence-corrected chi connectivity index (χ4v) is 3.45. The van der Waals surface area contributed by atoms with Crippen molar-refractivity contribution < 1.29 is 17.9 Å². The molecule has 142 valence electrons. The van der Waals surface area contributed by atoms with Crippen LogP contribution in [0.4, 0.5) is 0 Å². The Morgan fingerprint density at radius 2 is 1.85 bits per heavy atom. The monoisotopic (exact) mass is 378 g/mol. The Kier molecular flexibility index (Phi) is 7.02. The summed E-state index contributed by atoms with van der Waals surface area (Å²) in [5, 5.41) is 8.59. The third-order valence-electron chi connectivity index (χ3n) is 4.14. The lowest BCUT2D eigenvalue weighted by atomic mass is 10.00. The molecule has 6 nitrogen and oxygen atoms in total. The lowest BCUT2D eigenvalue weighted by Crippen LogP contribution is -2.25. The Morgan fingerprint density at radius 1 is 1.15 bits per heavy atom. The van der Waals surface area contributed by atoms with Gasteiger partial charge < -0.3 is 14.8 Å². The lowest BCUT2D eigenvalue weighted by Gasteiger charge is -2.16. The molecule has 2 aromatic rings. The first-order chi connectivity index (χ1) is 12.3. The van der Waals surface area contributed by atoms with Gasteiger partial charge in [-0.3, -0.25) is 0 Å². The Labute approximate surface area is 155 Å². The molecule has 0 saturated heterocycles. The molecule has 2 aromatic carbocycles. The highest BCUT2D eigenvalue weighted by atomic mass is 32.2. The minimum Gasteiger partial charge on any atom is -0.493 e. The maximum Gasteiger partial charge on any atom is 0.238 e. The molecule has 0 saturated carbocycles. The van der Waals surface area contributed by atoms with Gasteiger partial charge in [-0.1, -0.05) is 31.2 Å². The summed E-state index contributed by atoms with van der Waals surface area (Å²) in [6.45, 7) is 5.63. The van der Waals surface area contributed by atoms with Crippen LogP contribution in [-0.2, 0) is 10.0 Å². The van der Waals surface area contributed by atoms with Gasteiger partial charge in [-0.15, -0.1) is 0 Å². The van der Waals surface area contributed by atoms with Crippen LogP contribution in [0.1, 0.15) is 24.0 Å². The Balaban J connectivity index is 1.85. The van der Waals surface area contributed by atoms with Crippen molar-refractivity contribution in [1.82, 2.24) is 5.32 Å². The Morgan fingerprint density at radius 3 is 2.50 bits per heavy atom. The van der Waals surface area contributed by atoms with Crippen LogP contribution in [0.15, 0.2) is 47.4 Å². The van der Waals surface area contributed by atoms with Gasteiger partial charge in [-0.05, 0) is 42.2 Å². The van der Waals surface area contributed by atoms with Gasteiger partial charge in [0.05, 0.1) is 12.0 Å². The molecule has 0 heterocycles. The van der Waals surface area contributed by atoms with E-state index in [-0.39, 0.29) is 10.8 Å². The van der Waals surface area contributed by atoms with Gasteiger partial charge in [0.2, 0.25) is 10.0 Å². The van der Waals surface area contributed by atoms with Gasteiger partial charge in [0.15, 0.2) is 11.5 Å². The second kappa shape index (κ2) is 9.02. The number of methoxy groups -OCH3 is 1. The molecule has 0 radical (unpaired) electrons. The summed E-state index contributed by atoms with van der Waals surface area (Å²) in [4.78, 5) is 0.182. The molecule has 0 bridgehead atoms. The summed E-state index contributed by atoms with van der Waals surface area (Å²) in [6, 6.07) is 12.9. The van der Waals surface area contributed by atoms with E-state index in [4.69, 9.17) is 14.6 Å². The number of para-hydroxylation sites is 2. The van der Waals surface area contributed by atoms with E-state index in [2.05, 4.69) is 5.32 Å². The van der Waals surface area contributed by atoms with E-state index < -0.39 is 10.0 Å². The molecule has 26 heavy (non-hydrogen) atoms. The molecule has 0 aliphatic heterocycles. The molecule has 3 N–H and O–H groups in total. The van der Waals surface area contributed by atoms with Gasteiger partial charge in [-0.25, -0.2) is 13.6 Å². The van der Waals surface area contributed by atoms with Crippen LogP contribution >= 0.6 is 0 Å². The van der Waals surface area contributed by atoms with Gasteiger partial charge in [0, 0.05) is 13.1 Å². The number of hydrogen-bond acceptors (Lipinski definition) is 5. The molecule has 1 atom stereocenters. The maximum absolute atomic E-state index is 11.7. The third-order valence-corrected chi connectivity index (χ3v) is 5.20. The fraction of sp³-hybridized carbons (Fsp3) is 0.368. The third kappa shape index (κ3) is 5.45. The van der Waals surface area contributed by atoms with E-state index in [9.17, 15) is 8.42 Å². The SMILES string of the molecule is COc1ccccc1OCCNCC(C)c1ccc(C)c(S(N)(=O)=O)c1. The molecule has 0 aromatic heterocycles. The van der Waals surface area contributed by atoms with Crippen LogP contribution in [0, 0.1) is 6.92 Å². The van der Waals surface area contributed by atoms with E-state index in [1.807, 2.05) is 37.3 Å². The molecular formula is C19H26N2O4S. The average molecular weight is 378 g/mol. The second-order valence-corrected chi connectivity index (χ2v) is 7.70. The van der Waals surface area contributed by atoms with Crippen LogP contribution in [0.5, 0.6) is 11.5 Å². The molecule has 0 aliphatic carbocycles. The predicted octanol–water partition coefficient (Wildman–Crippen LogP) is 2.42. The molecule has 0 spiro atoms. The summed E-state index contributed by atoms with van der Waals surface area (Å²) in [6.07, 6.45) is 0. The van der Waals surface area contributed by atoms with Crippen LogP contribution in [0.25, 0.3) is 0 Å². The Hall–Kier alpha value is -2.09. The van der Waals surface area contributed by atoms with Crippen molar-refractivity contribution in [1.29, 1.82) is 0 Å². The number of rotatable bonds is 9. The highest BCUT2D eigenvalue weighted by Crippen LogP contribution is 2.25. The number of nitrogens with one attached hydrogen (secondary N) is 1. The summed E-state index contributed by atoms with van der Waals surface area (Å²) in [5.41, 5.74) is 1.58. The van der Waals surface area contributed by atoms with Gasteiger partial charge in [0.25, 0.3) is 0 Å². The quantitative estimate of drug-likeness (QED) is 0.654. The minimum absolute atomic E-state index is 0.141. The van der Waals surface area contributed by atoms with Crippen LogP contribution in [-0.4, -0.2) is 35.2 Å². The standard InChI is InChI=1S/C19H26N2O4S/c1-14-8-9-16(12-19(14)26(20,22)23)15(2)13-21-10-11-25-18-7-5-4-6-17(18)24-3/h4-9,12,15,21H,10-11,13H2,1-3H3,(H2,20,22,23).